The highest BCUT2D eigenvalue weighted by Gasteiger charge is 2.23. The van der Waals surface area contributed by atoms with Crippen molar-refractivity contribution in [1.29, 1.82) is 0 Å². The third-order valence-electron chi connectivity index (χ3n) is 11.3. The molecule has 12 rings (SSSR count). The minimum absolute atomic E-state index is 0.313. The molecule has 3 aromatic heterocycles. The zero-order valence-corrected chi connectivity index (χ0v) is 31.4. The van der Waals surface area contributed by atoms with Crippen LogP contribution >= 0.6 is 11.3 Å². The van der Waals surface area contributed by atoms with E-state index in [4.69, 9.17) is 14.4 Å². The van der Waals surface area contributed by atoms with E-state index in [0.29, 0.717) is 5.84 Å². The van der Waals surface area contributed by atoms with Crippen molar-refractivity contribution >= 4 is 86.9 Å². The Morgan fingerprint density at radius 3 is 2.05 bits per heavy atom. The smallest absolute Gasteiger partial charge is 0.159 e. The summed E-state index contributed by atoms with van der Waals surface area (Å²) in [5.41, 5.74) is 10.5. The number of amidine groups is 2. The van der Waals surface area contributed by atoms with Crippen molar-refractivity contribution in [2.75, 3.05) is 0 Å². The van der Waals surface area contributed by atoms with Crippen molar-refractivity contribution in [2.24, 2.45) is 9.98 Å². The molecule has 8 aromatic carbocycles. The second-order valence-electron chi connectivity index (χ2n) is 14.6. The highest BCUT2D eigenvalue weighted by molar-refractivity contribution is 7.26. The van der Waals surface area contributed by atoms with Crippen molar-refractivity contribution in [2.45, 2.75) is 6.17 Å². The molecule has 0 amide bonds. The van der Waals surface area contributed by atoms with Crippen LogP contribution in [-0.2, 0) is 0 Å². The second kappa shape index (κ2) is 12.6. The largest absolute Gasteiger partial charge is 0.456 e. The van der Waals surface area contributed by atoms with Gasteiger partial charge in [0.25, 0.3) is 0 Å². The molecule has 5 nitrogen and oxygen atoms in total. The van der Waals surface area contributed by atoms with Gasteiger partial charge in [-0.1, -0.05) is 133 Å². The summed E-state index contributed by atoms with van der Waals surface area (Å²) in [7, 11) is 0. The molecule has 0 bridgehead atoms. The summed E-state index contributed by atoms with van der Waals surface area (Å²) in [6.07, 6.45) is -0.313. The molecule has 4 heterocycles. The second-order valence-corrected chi connectivity index (χ2v) is 15.6. The van der Waals surface area contributed by atoms with E-state index in [-0.39, 0.29) is 6.17 Å². The maximum Gasteiger partial charge on any atom is 0.159 e. The number of nitrogens with one attached hydrogen (secondary N) is 1. The first-order chi connectivity index (χ1) is 28.2. The number of benzene rings is 8. The van der Waals surface area contributed by atoms with Crippen LogP contribution in [0.15, 0.2) is 196 Å². The Labute approximate surface area is 331 Å². The van der Waals surface area contributed by atoms with Gasteiger partial charge in [-0.05, 0) is 65.2 Å². The topological polar surface area (TPSA) is 54.8 Å². The van der Waals surface area contributed by atoms with E-state index in [1.807, 2.05) is 35.6 Å². The zero-order chi connectivity index (χ0) is 37.5. The zero-order valence-electron chi connectivity index (χ0n) is 30.6. The van der Waals surface area contributed by atoms with Gasteiger partial charge in [-0.3, -0.25) is 0 Å². The Morgan fingerprint density at radius 1 is 0.509 bits per heavy atom. The Balaban J connectivity index is 0.965. The minimum Gasteiger partial charge on any atom is -0.456 e. The first-order valence-corrected chi connectivity index (χ1v) is 20.0. The summed E-state index contributed by atoms with van der Waals surface area (Å²) in [5, 5.41) is 10.9. The van der Waals surface area contributed by atoms with Crippen LogP contribution < -0.4 is 5.32 Å². The Kier molecular flexibility index (Phi) is 7.09. The van der Waals surface area contributed by atoms with Gasteiger partial charge >= 0.3 is 0 Å². The Bertz CT molecular complexity index is 3430. The van der Waals surface area contributed by atoms with Gasteiger partial charge in [-0.15, -0.1) is 11.3 Å². The molecular formula is C51H32N4OS. The average Bonchev–Trinajstić information content (AvgIpc) is 3.96. The van der Waals surface area contributed by atoms with Crippen LogP contribution in [0.1, 0.15) is 22.9 Å². The van der Waals surface area contributed by atoms with Crippen LogP contribution in [0, 0.1) is 0 Å². The van der Waals surface area contributed by atoms with Crippen molar-refractivity contribution in [3.63, 3.8) is 0 Å². The first kappa shape index (κ1) is 32.0. The van der Waals surface area contributed by atoms with Crippen LogP contribution in [0.4, 0.5) is 0 Å². The molecule has 0 spiro atoms. The number of fused-ring (bicyclic) bond motifs is 10. The quantitative estimate of drug-likeness (QED) is 0.191. The highest BCUT2D eigenvalue weighted by Crippen LogP contribution is 2.44. The molecule has 1 N–H and O–H groups in total. The van der Waals surface area contributed by atoms with Gasteiger partial charge in [0.05, 0.1) is 11.0 Å². The molecule has 0 radical (unpaired) electrons. The van der Waals surface area contributed by atoms with E-state index < -0.39 is 0 Å². The standard InChI is InChI=1S/C51H32N4OS/c1-3-11-31(12-4-1)32-19-21-34(22-20-32)50-52-49(33-13-5-2-6-14-33)53-51(54-50)35-23-25-37-41-30-36(24-28-44(41)56-45(37)29-35)55-42-17-9-7-16-40(42)47-43(55)27-26-39-38-15-8-10-18-46(38)57-48(39)47/h1-30,50H,(H,52,53,54). The third-order valence-corrected chi connectivity index (χ3v) is 12.5. The molecule has 0 aliphatic carbocycles. The number of rotatable bonds is 5. The van der Waals surface area contributed by atoms with E-state index in [1.165, 1.54) is 53.1 Å². The minimum atomic E-state index is -0.313. The van der Waals surface area contributed by atoms with Crippen molar-refractivity contribution in [3.05, 3.63) is 199 Å². The molecule has 1 atom stereocenters. The fraction of sp³-hybridized carbons (Fsp3) is 0.0196. The maximum atomic E-state index is 6.57. The SMILES string of the molecule is c1ccc(C2=NC(c3ccc4c(c3)oc3ccc(-n5c6ccccc6c6c7sc8ccccc8c7ccc65)cc34)=NC(c3ccc(-c4ccccc4)cc3)N2)cc1. The van der Waals surface area contributed by atoms with Gasteiger partial charge < -0.3 is 14.3 Å². The van der Waals surface area contributed by atoms with Gasteiger partial charge in [-0.25, -0.2) is 9.98 Å². The van der Waals surface area contributed by atoms with Gasteiger partial charge in [0.15, 0.2) is 5.84 Å². The van der Waals surface area contributed by atoms with Crippen LogP contribution in [0.3, 0.4) is 0 Å². The molecule has 57 heavy (non-hydrogen) atoms. The molecule has 1 aliphatic rings. The monoisotopic (exact) mass is 748 g/mol. The third kappa shape index (κ3) is 5.15. The Morgan fingerprint density at radius 2 is 1.21 bits per heavy atom. The molecule has 11 aromatic rings. The van der Waals surface area contributed by atoms with E-state index in [9.17, 15) is 0 Å². The van der Waals surface area contributed by atoms with Crippen molar-refractivity contribution < 1.29 is 4.42 Å². The number of aliphatic imine (C=N–C) groups is 2. The fourth-order valence-corrected chi connectivity index (χ4v) is 9.80. The van der Waals surface area contributed by atoms with Gasteiger partial charge in [0.2, 0.25) is 0 Å². The molecule has 6 heteroatoms. The average molecular weight is 749 g/mol. The lowest BCUT2D eigenvalue weighted by Crippen LogP contribution is -2.33. The normalized spacial score (nSPS) is 14.5. The van der Waals surface area contributed by atoms with Gasteiger partial charge in [0.1, 0.15) is 23.2 Å². The van der Waals surface area contributed by atoms with E-state index in [2.05, 4.69) is 168 Å². The first-order valence-electron chi connectivity index (χ1n) is 19.2. The number of hydrogen-bond acceptors (Lipinski definition) is 5. The van der Waals surface area contributed by atoms with E-state index in [1.54, 1.807) is 0 Å². The van der Waals surface area contributed by atoms with Crippen molar-refractivity contribution in [3.8, 4) is 16.8 Å². The molecule has 0 fully saturated rings. The Hall–Kier alpha value is -7.28. The summed E-state index contributed by atoms with van der Waals surface area (Å²) in [6.45, 7) is 0. The van der Waals surface area contributed by atoms with E-state index >= 15 is 0 Å². The summed E-state index contributed by atoms with van der Waals surface area (Å²) >= 11 is 1.88. The lowest BCUT2D eigenvalue weighted by Gasteiger charge is -2.24. The summed E-state index contributed by atoms with van der Waals surface area (Å²) in [4.78, 5) is 10.3. The van der Waals surface area contributed by atoms with E-state index in [0.717, 1.165) is 50.2 Å². The molecule has 268 valence electrons. The van der Waals surface area contributed by atoms with Crippen LogP contribution in [0.2, 0.25) is 0 Å². The predicted octanol–water partition coefficient (Wildman–Crippen LogP) is 13.2. The molecule has 0 saturated carbocycles. The number of hydrogen-bond donors (Lipinski definition) is 1. The number of thiophene rings is 1. The number of para-hydroxylation sites is 1. The maximum absolute atomic E-state index is 6.57. The summed E-state index contributed by atoms with van der Waals surface area (Å²) in [6, 6.07) is 64.3. The fourth-order valence-electron chi connectivity index (χ4n) is 8.54. The van der Waals surface area contributed by atoms with Gasteiger partial charge in [-0.2, -0.15) is 0 Å². The summed E-state index contributed by atoms with van der Waals surface area (Å²) in [5.74, 6) is 1.44. The number of nitrogens with zero attached hydrogens (tertiary/aromatic N) is 3. The lowest BCUT2D eigenvalue weighted by atomic mass is 10.0. The molecule has 1 unspecified atom stereocenters. The number of furan rings is 1. The predicted molar refractivity (Wildman–Crippen MR) is 238 cm³/mol. The molecular weight excluding hydrogens is 717 g/mol. The lowest BCUT2D eigenvalue weighted by molar-refractivity contribution is 0.667. The van der Waals surface area contributed by atoms with Crippen LogP contribution in [0.5, 0.6) is 0 Å². The van der Waals surface area contributed by atoms with Crippen molar-refractivity contribution in [1.82, 2.24) is 9.88 Å². The van der Waals surface area contributed by atoms with Crippen LogP contribution in [0.25, 0.3) is 80.7 Å². The number of aromatic nitrogens is 1. The van der Waals surface area contributed by atoms with Crippen LogP contribution in [-0.4, -0.2) is 16.2 Å². The molecule has 0 saturated heterocycles. The summed E-state index contributed by atoms with van der Waals surface area (Å²) < 4.78 is 11.6. The molecule has 1 aliphatic heterocycles. The highest BCUT2D eigenvalue weighted by atomic mass is 32.1. The van der Waals surface area contributed by atoms with Gasteiger partial charge in [0, 0.05) is 58.5 Å².